The van der Waals surface area contributed by atoms with Gasteiger partial charge in [-0.15, -0.1) is 11.3 Å². The lowest BCUT2D eigenvalue weighted by molar-refractivity contribution is -0.116. The summed E-state index contributed by atoms with van der Waals surface area (Å²) in [6.07, 6.45) is 2.72. The van der Waals surface area contributed by atoms with Crippen molar-refractivity contribution < 1.29 is 4.79 Å². The third-order valence-corrected chi connectivity index (χ3v) is 6.14. The van der Waals surface area contributed by atoms with E-state index in [1.165, 1.54) is 33.2 Å². The number of amides is 1. The van der Waals surface area contributed by atoms with Gasteiger partial charge in [0.15, 0.2) is 5.16 Å². The van der Waals surface area contributed by atoms with Crippen molar-refractivity contribution in [2.24, 2.45) is 0 Å². The fourth-order valence-corrected chi connectivity index (χ4v) is 4.25. The average molecular weight is 388 g/mol. The number of carbonyl (C=O) groups excluding carboxylic acids is 1. The number of aromatic nitrogens is 2. The molecule has 0 saturated heterocycles. The minimum Gasteiger partial charge on any atom is -0.325 e. The summed E-state index contributed by atoms with van der Waals surface area (Å²) in [4.78, 5) is 31.8. The van der Waals surface area contributed by atoms with Gasteiger partial charge in [-0.1, -0.05) is 24.8 Å². The zero-order valence-electron chi connectivity index (χ0n) is 15.3. The van der Waals surface area contributed by atoms with E-state index in [9.17, 15) is 9.59 Å². The smallest absolute Gasteiger partial charge is 0.263 e. The Morgan fingerprint density at radius 1 is 1.27 bits per heavy atom. The second-order valence-electron chi connectivity index (χ2n) is 6.12. The molecule has 0 saturated carbocycles. The largest absolute Gasteiger partial charge is 0.325 e. The van der Waals surface area contributed by atoms with Gasteiger partial charge in [-0.05, 0) is 55.9 Å². The van der Waals surface area contributed by atoms with Crippen molar-refractivity contribution in [3.05, 3.63) is 50.6 Å². The molecule has 0 atom stereocenters. The second kappa shape index (κ2) is 7.63. The van der Waals surface area contributed by atoms with Crippen LogP contribution < -0.4 is 10.9 Å². The highest BCUT2D eigenvalue weighted by molar-refractivity contribution is 7.98. The third-order valence-electron chi connectivity index (χ3n) is 4.29. The van der Waals surface area contributed by atoms with Gasteiger partial charge in [0.2, 0.25) is 5.91 Å². The summed E-state index contributed by atoms with van der Waals surface area (Å²) in [7, 11) is 0. The third kappa shape index (κ3) is 3.68. The van der Waals surface area contributed by atoms with Crippen LogP contribution in [0.4, 0.5) is 5.69 Å². The molecule has 0 spiro atoms. The molecule has 1 amide bonds. The van der Waals surface area contributed by atoms with E-state index in [1.807, 2.05) is 44.4 Å². The fourth-order valence-electron chi connectivity index (χ4n) is 2.68. The number of hydrogen-bond acceptors (Lipinski definition) is 5. The normalized spacial score (nSPS) is 11.1. The van der Waals surface area contributed by atoms with Gasteiger partial charge in [-0.3, -0.25) is 14.2 Å². The van der Waals surface area contributed by atoms with Gasteiger partial charge in [0.05, 0.1) is 5.39 Å². The zero-order valence-corrected chi connectivity index (χ0v) is 16.9. The lowest BCUT2D eigenvalue weighted by Gasteiger charge is -2.11. The molecule has 0 radical (unpaired) electrons. The molecule has 0 aliphatic rings. The molecule has 0 aliphatic carbocycles. The molecule has 1 N–H and O–H groups in total. The monoisotopic (exact) mass is 387 g/mol. The first-order chi connectivity index (χ1) is 12.4. The molecule has 0 unspecified atom stereocenters. The Labute approximate surface area is 160 Å². The Balaban J connectivity index is 1.91. The predicted molar refractivity (Wildman–Crippen MR) is 110 cm³/mol. The number of nitrogens with one attached hydrogen (secondary N) is 1. The maximum absolute atomic E-state index is 12.9. The Kier molecular flexibility index (Phi) is 5.48. The molecule has 1 aromatic carbocycles. The van der Waals surface area contributed by atoms with Crippen LogP contribution in [0.5, 0.6) is 0 Å². The molecular formula is C19H21N3O2S2. The molecule has 2 aromatic heterocycles. The van der Waals surface area contributed by atoms with Crippen LogP contribution in [-0.2, 0) is 17.8 Å². The van der Waals surface area contributed by atoms with E-state index in [2.05, 4.69) is 17.2 Å². The number of nitrogens with zero attached hydrogens (tertiary/aromatic N) is 2. The van der Waals surface area contributed by atoms with Crippen LogP contribution in [0.25, 0.3) is 10.2 Å². The number of benzene rings is 1. The minimum absolute atomic E-state index is 0.0534. The van der Waals surface area contributed by atoms with Crippen LogP contribution >= 0.6 is 23.1 Å². The van der Waals surface area contributed by atoms with Crippen LogP contribution in [0.2, 0.25) is 0 Å². The van der Waals surface area contributed by atoms with Crippen LogP contribution in [-0.4, -0.2) is 21.7 Å². The lowest BCUT2D eigenvalue weighted by atomic mass is 10.1. The van der Waals surface area contributed by atoms with Crippen molar-refractivity contribution in [2.75, 3.05) is 11.6 Å². The summed E-state index contributed by atoms with van der Waals surface area (Å²) in [6.45, 7) is 6.02. The van der Waals surface area contributed by atoms with Crippen molar-refractivity contribution in [1.29, 1.82) is 0 Å². The number of hydrogen-bond donors (Lipinski definition) is 1. The molecule has 2 heterocycles. The van der Waals surface area contributed by atoms with Crippen molar-refractivity contribution >= 4 is 44.9 Å². The molecule has 0 bridgehead atoms. The first kappa shape index (κ1) is 18.7. The van der Waals surface area contributed by atoms with E-state index >= 15 is 0 Å². The lowest BCUT2D eigenvalue weighted by Crippen LogP contribution is -2.29. The number of thioether (sulfide) groups is 1. The van der Waals surface area contributed by atoms with Gasteiger partial charge in [0.1, 0.15) is 11.4 Å². The summed E-state index contributed by atoms with van der Waals surface area (Å²) >= 11 is 2.91. The quantitative estimate of drug-likeness (QED) is 0.531. The van der Waals surface area contributed by atoms with E-state index in [4.69, 9.17) is 0 Å². The molecule has 3 aromatic rings. The van der Waals surface area contributed by atoms with E-state index < -0.39 is 0 Å². The Bertz CT molecular complexity index is 1040. The summed E-state index contributed by atoms with van der Waals surface area (Å²) in [6, 6.07) is 7.65. The van der Waals surface area contributed by atoms with Crippen LogP contribution in [0.15, 0.2) is 34.2 Å². The van der Waals surface area contributed by atoms with E-state index in [-0.39, 0.29) is 18.0 Å². The average Bonchev–Trinajstić information content (AvgIpc) is 3.04. The Morgan fingerprint density at radius 2 is 2.04 bits per heavy atom. The van der Waals surface area contributed by atoms with E-state index in [0.717, 1.165) is 27.4 Å². The highest BCUT2D eigenvalue weighted by atomic mass is 32.2. The van der Waals surface area contributed by atoms with E-state index in [0.29, 0.717) is 10.5 Å². The van der Waals surface area contributed by atoms with Gasteiger partial charge in [-0.25, -0.2) is 4.98 Å². The fraction of sp³-hybridized carbons (Fsp3) is 0.316. The van der Waals surface area contributed by atoms with Gasteiger partial charge >= 0.3 is 0 Å². The minimum atomic E-state index is -0.238. The maximum Gasteiger partial charge on any atom is 0.263 e. The summed E-state index contributed by atoms with van der Waals surface area (Å²) in [5, 5.41) is 4.01. The molecular weight excluding hydrogens is 366 g/mol. The summed E-state index contributed by atoms with van der Waals surface area (Å²) in [5.41, 5.74) is 2.85. The van der Waals surface area contributed by atoms with Gasteiger partial charge in [-0.2, -0.15) is 0 Å². The molecule has 0 aliphatic heterocycles. The van der Waals surface area contributed by atoms with Crippen molar-refractivity contribution in [3.8, 4) is 0 Å². The second-order valence-corrected chi connectivity index (χ2v) is 8.01. The zero-order chi connectivity index (χ0) is 18.8. The van der Waals surface area contributed by atoms with Crippen LogP contribution in [0.3, 0.4) is 0 Å². The highest BCUT2D eigenvalue weighted by Gasteiger charge is 2.16. The number of carbonyl (C=O) groups is 1. The predicted octanol–water partition coefficient (Wildman–Crippen LogP) is 4.00. The SMILES string of the molecule is CCc1cc2c(=O)n(CC(=O)Nc3ccc(C)c(C)c3)c(SC)nc2s1. The Hall–Kier alpha value is -2.12. The van der Waals surface area contributed by atoms with E-state index in [1.54, 1.807) is 0 Å². The van der Waals surface area contributed by atoms with Gasteiger partial charge in [0, 0.05) is 10.6 Å². The number of thiophene rings is 1. The van der Waals surface area contributed by atoms with Crippen molar-refractivity contribution in [3.63, 3.8) is 0 Å². The molecule has 7 heteroatoms. The van der Waals surface area contributed by atoms with Crippen LogP contribution in [0, 0.1) is 13.8 Å². The van der Waals surface area contributed by atoms with Crippen LogP contribution in [0.1, 0.15) is 22.9 Å². The standard InChI is InChI=1S/C19H21N3O2S2/c1-5-14-9-15-17(26-14)21-19(25-4)22(18(15)24)10-16(23)20-13-7-6-11(2)12(3)8-13/h6-9H,5,10H2,1-4H3,(H,20,23). The maximum atomic E-state index is 12.9. The molecule has 0 fully saturated rings. The highest BCUT2D eigenvalue weighted by Crippen LogP contribution is 2.24. The Morgan fingerprint density at radius 3 is 2.69 bits per heavy atom. The number of fused-ring (bicyclic) bond motifs is 1. The number of rotatable bonds is 5. The molecule has 136 valence electrons. The molecule has 3 rings (SSSR count). The molecule has 26 heavy (non-hydrogen) atoms. The van der Waals surface area contributed by atoms with Crippen molar-refractivity contribution in [1.82, 2.24) is 9.55 Å². The topological polar surface area (TPSA) is 64.0 Å². The summed E-state index contributed by atoms with van der Waals surface area (Å²) < 4.78 is 1.45. The number of aryl methyl sites for hydroxylation is 3. The number of anilines is 1. The first-order valence-corrected chi connectivity index (χ1v) is 10.4. The first-order valence-electron chi connectivity index (χ1n) is 8.37. The van der Waals surface area contributed by atoms with Crippen molar-refractivity contribution in [2.45, 2.75) is 38.9 Å². The summed E-state index contributed by atoms with van der Waals surface area (Å²) in [5.74, 6) is -0.238. The van der Waals surface area contributed by atoms with Gasteiger partial charge < -0.3 is 5.32 Å². The van der Waals surface area contributed by atoms with Gasteiger partial charge in [0.25, 0.3) is 5.56 Å². The molecule has 5 nitrogen and oxygen atoms in total.